The number of aromatic nitrogens is 1. The maximum atomic E-state index is 12.5. The van der Waals surface area contributed by atoms with Gasteiger partial charge in [-0.15, -0.1) is 11.3 Å². The molecule has 3 N–H and O–H groups in total. The second kappa shape index (κ2) is 6.57. The van der Waals surface area contributed by atoms with E-state index in [2.05, 4.69) is 20.9 Å². The fraction of sp³-hybridized carbons (Fsp3) is 0.389. The van der Waals surface area contributed by atoms with Crippen LogP contribution in [0.1, 0.15) is 35.9 Å². The van der Waals surface area contributed by atoms with E-state index in [1.54, 1.807) is 6.20 Å². The van der Waals surface area contributed by atoms with Crippen molar-refractivity contribution in [1.29, 1.82) is 0 Å². The van der Waals surface area contributed by atoms with Crippen molar-refractivity contribution in [2.45, 2.75) is 44.3 Å². The number of nitrogens with one attached hydrogen (secondary N) is 3. The van der Waals surface area contributed by atoms with E-state index >= 15 is 0 Å². The van der Waals surface area contributed by atoms with Crippen LogP contribution in [-0.4, -0.2) is 34.9 Å². The number of rotatable bonds is 4. The number of benzene rings is 1. The summed E-state index contributed by atoms with van der Waals surface area (Å²) in [5.74, 6) is -0.144. The molecule has 2 fully saturated rings. The van der Waals surface area contributed by atoms with Gasteiger partial charge in [0.05, 0.1) is 6.20 Å². The Morgan fingerprint density at radius 2 is 2.04 bits per heavy atom. The van der Waals surface area contributed by atoms with Gasteiger partial charge in [0.15, 0.2) is 0 Å². The number of hydrogen-bond donors (Lipinski definition) is 3. The first-order valence-electron chi connectivity index (χ1n) is 8.49. The Morgan fingerprint density at radius 3 is 2.68 bits per heavy atom. The van der Waals surface area contributed by atoms with Crippen molar-refractivity contribution in [3.63, 3.8) is 0 Å². The molecule has 25 heavy (non-hydrogen) atoms. The molecule has 0 saturated carbocycles. The van der Waals surface area contributed by atoms with Crippen molar-refractivity contribution >= 4 is 28.8 Å². The fourth-order valence-electron chi connectivity index (χ4n) is 3.64. The number of carbonyl (C=O) groups excluding carboxylic acids is 2. The summed E-state index contributed by atoms with van der Waals surface area (Å²) in [6, 6.07) is 8.67. The molecule has 0 spiro atoms. The second-order valence-electron chi connectivity index (χ2n) is 6.65. The molecule has 3 heterocycles. The molecule has 130 valence electrons. The Hall–Kier alpha value is -2.25. The minimum atomic E-state index is -0.101. The monoisotopic (exact) mass is 356 g/mol. The van der Waals surface area contributed by atoms with Crippen molar-refractivity contribution in [2.24, 2.45) is 0 Å². The van der Waals surface area contributed by atoms with Crippen LogP contribution in [0.3, 0.4) is 0 Å². The lowest BCUT2D eigenvalue weighted by Crippen LogP contribution is -2.42. The van der Waals surface area contributed by atoms with Crippen molar-refractivity contribution in [3.05, 3.63) is 35.3 Å². The predicted molar refractivity (Wildman–Crippen MR) is 97.7 cm³/mol. The first-order valence-corrected chi connectivity index (χ1v) is 9.31. The third-order valence-electron chi connectivity index (χ3n) is 4.80. The van der Waals surface area contributed by atoms with Crippen LogP contribution in [0.15, 0.2) is 30.5 Å². The molecule has 7 heteroatoms. The highest BCUT2D eigenvalue weighted by Crippen LogP contribution is 2.30. The third-order valence-corrected chi connectivity index (χ3v) is 5.84. The Bertz CT molecular complexity index is 802. The summed E-state index contributed by atoms with van der Waals surface area (Å²) in [6.45, 7) is 1.48. The number of fused-ring (bicyclic) bond motifs is 2. The van der Waals surface area contributed by atoms with Gasteiger partial charge < -0.3 is 16.0 Å². The normalized spacial score (nSPS) is 24.3. The summed E-state index contributed by atoms with van der Waals surface area (Å²) in [6.07, 6.45) is 5.02. The number of hydrogen-bond acceptors (Lipinski definition) is 5. The third kappa shape index (κ3) is 3.43. The lowest BCUT2D eigenvalue weighted by molar-refractivity contribution is -0.114. The van der Waals surface area contributed by atoms with E-state index in [-0.39, 0.29) is 17.9 Å². The zero-order chi connectivity index (χ0) is 17.4. The zero-order valence-corrected chi connectivity index (χ0v) is 14.7. The average Bonchev–Trinajstić information content (AvgIpc) is 3.31. The van der Waals surface area contributed by atoms with Crippen LogP contribution in [0.2, 0.25) is 0 Å². The number of amides is 2. The molecule has 2 aromatic rings. The highest BCUT2D eigenvalue weighted by atomic mass is 32.1. The molecule has 1 aromatic heterocycles. The quantitative estimate of drug-likeness (QED) is 0.785. The van der Waals surface area contributed by atoms with Gasteiger partial charge in [-0.2, -0.15) is 0 Å². The summed E-state index contributed by atoms with van der Waals surface area (Å²) < 4.78 is 0. The van der Waals surface area contributed by atoms with Crippen LogP contribution >= 0.6 is 11.3 Å². The van der Waals surface area contributed by atoms with Crippen molar-refractivity contribution in [3.8, 4) is 10.6 Å². The molecular formula is C18H20N4O2S. The van der Waals surface area contributed by atoms with Crippen LogP contribution in [0.5, 0.6) is 0 Å². The molecule has 2 aliphatic rings. The van der Waals surface area contributed by atoms with E-state index in [4.69, 9.17) is 0 Å². The van der Waals surface area contributed by atoms with Crippen molar-refractivity contribution in [2.75, 3.05) is 5.32 Å². The van der Waals surface area contributed by atoms with Crippen LogP contribution < -0.4 is 16.0 Å². The summed E-state index contributed by atoms with van der Waals surface area (Å²) >= 11 is 1.39. The molecule has 0 aliphatic carbocycles. The lowest BCUT2D eigenvalue weighted by atomic mass is 9.95. The Balaban J connectivity index is 1.42. The molecular weight excluding hydrogens is 336 g/mol. The van der Waals surface area contributed by atoms with Crippen molar-refractivity contribution < 1.29 is 9.59 Å². The van der Waals surface area contributed by atoms with Gasteiger partial charge >= 0.3 is 0 Å². The number of thiazole rings is 1. The van der Waals surface area contributed by atoms with Gasteiger partial charge in [0.25, 0.3) is 5.91 Å². The minimum Gasteiger partial charge on any atom is -0.347 e. The van der Waals surface area contributed by atoms with E-state index < -0.39 is 0 Å². The number of nitrogens with zero attached hydrogens (tertiary/aromatic N) is 1. The van der Waals surface area contributed by atoms with Crippen LogP contribution in [-0.2, 0) is 4.79 Å². The molecule has 2 bridgehead atoms. The van der Waals surface area contributed by atoms with E-state index in [0.29, 0.717) is 17.0 Å². The average molecular weight is 356 g/mol. The summed E-state index contributed by atoms with van der Waals surface area (Å²) in [5, 5.41) is 10.2. The molecule has 3 atom stereocenters. The molecule has 2 saturated heterocycles. The van der Waals surface area contributed by atoms with E-state index in [1.807, 2.05) is 24.3 Å². The molecule has 1 aromatic carbocycles. The summed E-state index contributed by atoms with van der Waals surface area (Å²) in [4.78, 5) is 28.6. The minimum absolute atomic E-state index is 0.0435. The highest BCUT2D eigenvalue weighted by molar-refractivity contribution is 7.16. The van der Waals surface area contributed by atoms with Crippen LogP contribution in [0.4, 0.5) is 5.69 Å². The summed E-state index contributed by atoms with van der Waals surface area (Å²) in [5.41, 5.74) is 1.68. The largest absolute Gasteiger partial charge is 0.347 e. The predicted octanol–water partition coefficient (Wildman–Crippen LogP) is 2.39. The molecule has 3 unspecified atom stereocenters. The maximum Gasteiger partial charge on any atom is 0.263 e. The van der Waals surface area contributed by atoms with Crippen LogP contribution in [0.25, 0.3) is 10.6 Å². The van der Waals surface area contributed by atoms with E-state index in [0.717, 1.165) is 29.1 Å². The highest BCUT2D eigenvalue weighted by Gasteiger charge is 2.39. The maximum absolute atomic E-state index is 12.5. The van der Waals surface area contributed by atoms with Crippen molar-refractivity contribution in [1.82, 2.24) is 15.6 Å². The second-order valence-corrected chi connectivity index (χ2v) is 7.68. The standard InChI is InChI=1S/C18H20N4O2S/c1-10(23)20-12-4-2-11(3-5-12)18-19-9-16(25-18)17(24)22-15-8-13-6-7-14(15)21-13/h2-5,9,13-15,21H,6-8H2,1H3,(H,20,23)(H,22,24). The van der Waals surface area contributed by atoms with Gasteiger partial charge in [-0.1, -0.05) is 0 Å². The van der Waals surface area contributed by atoms with Gasteiger partial charge in [-0.05, 0) is 43.5 Å². The van der Waals surface area contributed by atoms with Gasteiger partial charge in [-0.3, -0.25) is 9.59 Å². The van der Waals surface area contributed by atoms with E-state index in [9.17, 15) is 9.59 Å². The smallest absolute Gasteiger partial charge is 0.263 e. The van der Waals surface area contributed by atoms with Crippen LogP contribution in [0, 0.1) is 0 Å². The van der Waals surface area contributed by atoms with Gasteiger partial charge in [0.2, 0.25) is 5.91 Å². The molecule has 6 nitrogen and oxygen atoms in total. The summed E-state index contributed by atoms with van der Waals surface area (Å²) in [7, 11) is 0. The fourth-order valence-corrected chi connectivity index (χ4v) is 4.46. The molecule has 2 amide bonds. The molecule has 0 radical (unpaired) electrons. The Kier molecular flexibility index (Phi) is 4.27. The van der Waals surface area contributed by atoms with E-state index in [1.165, 1.54) is 24.7 Å². The number of carbonyl (C=O) groups is 2. The molecule has 2 aliphatic heterocycles. The van der Waals surface area contributed by atoms with Gasteiger partial charge in [0, 0.05) is 36.3 Å². The van der Waals surface area contributed by atoms with Gasteiger partial charge in [-0.25, -0.2) is 4.98 Å². The van der Waals surface area contributed by atoms with Gasteiger partial charge in [0.1, 0.15) is 9.88 Å². The topological polar surface area (TPSA) is 83.1 Å². The Labute approximate surface area is 150 Å². The zero-order valence-electron chi connectivity index (χ0n) is 13.9. The lowest BCUT2D eigenvalue weighted by Gasteiger charge is -2.20. The SMILES string of the molecule is CC(=O)Nc1ccc(-c2ncc(C(=O)NC3CC4CCC3N4)s2)cc1. The first kappa shape index (κ1) is 16.2. The Morgan fingerprint density at radius 1 is 1.24 bits per heavy atom. The first-order chi connectivity index (χ1) is 12.1. The molecule has 4 rings (SSSR count). The number of anilines is 1.